The van der Waals surface area contributed by atoms with Crippen LogP contribution in [0.2, 0.25) is 15.1 Å². The SMILES string of the molecule is Nc1cc(OC(=O)c2ccc(Cl)cc2Cl)nn1S(=O)(=O)c1ccc(Cl)cc1. The molecule has 3 rings (SSSR count). The second-order valence-corrected chi connectivity index (χ2v) is 8.27. The van der Waals surface area contributed by atoms with E-state index >= 15 is 0 Å². The zero-order valence-corrected chi connectivity index (χ0v) is 16.3. The standard InChI is InChI=1S/C16H10Cl3N3O4S/c17-9-1-4-11(5-2-9)27(24,25)22-14(20)8-15(21-22)26-16(23)12-6-3-10(18)7-13(12)19/h1-8H,20H2. The number of rotatable bonds is 4. The minimum atomic E-state index is -4.09. The number of benzene rings is 2. The molecule has 27 heavy (non-hydrogen) atoms. The first-order valence-electron chi connectivity index (χ1n) is 7.22. The molecule has 0 radical (unpaired) electrons. The van der Waals surface area contributed by atoms with Crippen molar-refractivity contribution in [2.75, 3.05) is 5.73 Å². The fourth-order valence-electron chi connectivity index (χ4n) is 2.11. The highest BCUT2D eigenvalue weighted by atomic mass is 35.5. The van der Waals surface area contributed by atoms with E-state index in [2.05, 4.69) is 5.10 Å². The predicted octanol–water partition coefficient (Wildman–Crippen LogP) is 3.88. The predicted molar refractivity (Wildman–Crippen MR) is 102 cm³/mol. The fraction of sp³-hybridized carbons (Fsp3) is 0. The molecule has 11 heteroatoms. The first kappa shape index (κ1) is 19.5. The van der Waals surface area contributed by atoms with Crippen LogP contribution in [-0.4, -0.2) is 23.6 Å². The van der Waals surface area contributed by atoms with E-state index in [1.54, 1.807) is 0 Å². The number of anilines is 1. The smallest absolute Gasteiger partial charge is 0.346 e. The van der Waals surface area contributed by atoms with Gasteiger partial charge in [-0.15, -0.1) is 9.19 Å². The lowest BCUT2D eigenvalue weighted by Crippen LogP contribution is -2.17. The number of ether oxygens (including phenoxy) is 1. The summed E-state index contributed by atoms with van der Waals surface area (Å²) in [5.41, 5.74) is 5.76. The summed E-state index contributed by atoms with van der Waals surface area (Å²) in [4.78, 5) is 12.1. The average Bonchev–Trinajstić information content (AvgIpc) is 2.96. The van der Waals surface area contributed by atoms with E-state index in [-0.39, 0.29) is 27.2 Å². The summed E-state index contributed by atoms with van der Waals surface area (Å²) in [6, 6.07) is 10.7. The molecule has 7 nitrogen and oxygen atoms in total. The zero-order chi connectivity index (χ0) is 19.8. The molecule has 0 fully saturated rings. The lowest BCUT2D eigenvalue weighted by atomic mass is 10.2. The molecule has 0 aliphatic carbocycles. The normalized spacial score (nSPS) is 11.4. The van der Waals surface area contributed by atoms with Gasteiger partial charge in [-0.3, -0.25) is 0 Å². The van der Waals surface area contributed by atoms with Gasteiger partial charge in [-0.2, -0.15) is 8.42 Å². The van der Waals surface area contributed by atoms with E-state index in [0.717, 1.165) is 6.07 Å². The van der Waals surface area contributed by atoms with Crippen molar-refractivity contribution in [2.45, 2.75) is 4.90 Å². The van der Waals surface area contributed by atoms with Crippen LogP contribution in [0.25, 0.3) is 0 Å². The summed E-state index contributed by atoms with van der Waals surface area (Å²) in [5.74, 6) is -1.39. The molecule has 0 unspecified atom stereocenters. The maximum atomic E-state index is 12.6. The average molecular weight is 447 g/mol. The Kier molecular flexibility index (Phi) is 5.34. The third kappa shape index (κ3) is 4.03. The second kappa shape index (κ2) is 7.40. The van der Waals surface area contributed by atoms with Crippen LogP contribution < -0.4 is 10.5 Å². The summed E-state index contributed by atoms with van der Waals surface area (Å²) in [7, 11) is -4.09. The second-order valence-electron chi connectivity index (χ2n) is 5.22. The Bertz CT molecular complexity index is 1130. The van der Waals surface area contributed by atoms with Gasteiger partial charge >= 0.3 is 5.97 Å². The lowest BCUT2D eigenvalue weighted by Gasteiger charge is -2.06. The van der Waals surface area contributed by atoms with Crippen LogP contribution in [0, 0.1) is 0 Å². The summed E-state index contributed by atoms with van der Waals surface area (Å²) in [6.45, 7) is 0. The Labute approximate surface area is 169 Å². The van der Waals surface area contributed by atoms with Crippen LogP contribution in [0.5, 0.6) is 5.88 Å². The van der Waals surface area contributed by atoms with Crippen LogP contribution in [-0.2, 0) is 10.0 Å². The highest BCUT2D eigenvalue weighted by Crippen LogP contribution is 2.25. The zero-order valence-electron chi connectivity index (χ0n) is 13.3. The van der Waals surface area contributed by atoms with E-state index < -0.39 is 16.0 Å². The van der Waals surface area contributed by atoms with Gasteiger partial charge in [0.05, 0.1) is 15.5 Å². The molecule has 2 N–H and O–H groups in total. The summed E-state index contributed by atoms with van der Waals surface area (Å²) >= 11 is 17.5. The van der Waals surface area contributed by atoms with Crippen molar-refractivity contribution < 1.29 is 17.9 Å². The molecule has 0 bridgehead atoms. The molecular formula is C16H10Cl3N3O4S. The number of aromatic nitrogens is 2. The number of hydrogen-bond acceptors (Lipinski definition) is 6. The fourth-order valence-corrected chi connectivity index (χ4v) is 3.92. The number of carbonyl (C=O) groups excluding carboxylic acids is 1. The topological polar surface area (TPSA) is 104 Å². The van der Waals surface area contributed by atoms with Crippen LogP contribution in [0.3, 0.4) is 0 Å². The number of nitrogens with two attached hydrogens (primary N) is 1. The highest BCUT2D eigenvalue weighted by molar-refractivity contribution is 7.90. The lowest BCUT2D eigenvalue weighted by molar-refractivity contribution is 0.0727. The van der Waals surface area contributed by atoms with Crippen molar-refractivity contribution >= 4 is 56.6 Å². The van der Waals surface area contributed by atoms with E-state index in [4.69, 9.17) is 45.3 Å². The van der Waals surface area contributed by atoms with Gasteiger partial charge in [-0.05, 0) is 42.5 Å². The molecule has 3 aromatic rings. The van der Waals surface area contributed by atoms with Crippen LogP contribution >= 0.6 is 34.8 Å². The number of nitrogen functional groups attached to an aromatic ring is 1. The van der Waals surface area contributed by atoms with Gasteiger partial charge in [-0.1, -0.05) is 34.8 Å². The Morgan fingerprint density at radius 2 is 1.63 bits per heavy atom. The van der Waals surface area contributed by atoms with E-state index in [0.29, 0.717) is 14.1 Å². The van der Waals surface area contributed by atoms with E-state index in [1.807, 2.05) is 0 Å². The van der Waals surface area contributed by atoms with Gasteiger partial charge in [0.2, 0.25) is 5.88 Å². The van der Waals surface area contributed by atoms with Crippen LogP contribution in [0.15, 0.2) is 53.4 Å². The van der Waals surface area contributed by atoms with Crippen molar-refractivity contribution in [1.82, 2.24) is 9.19 Å². The first-order valence-corrected chi connectivity index (χ1v) is 9.80. The summed E-state index contributed by atoms with van der Waals surface area (Å²) < 4.78 is 30.9. The van der Waals surface area contributed by atoms with E-state index in [1.165, 1.54) is 42.5 Å². The largest absolute Gasteiger partial charge is 0.402 e. The van der Waals surface area contributed by atoms with Gasteiger partial charge in [0.25, 0.3) is 10.0 Å². The number of esters is 1. The minimum Gasteiger partial charge on any atom is -0.402 e. The third-order valence-corrected chi connectivity index (χ3v) is 5.78. The molecule has 0 amide bonds. The van der Waals surface area contributed by atoms with Gasteiger partial charge < -0.3 is 10.5 Å². The summed E-state index contributed by atoms with van der Waals surface area (Å²) in [6.07, 6.45) is 0. The van der Waals surface area contributed by atoms with Crippen LogP contribution in [0.4, 0.5) is 5.82 Å². The maximum Gasteiger partial charge on any atom is 0.346 e. The quantitative estimate of drug-likeness (QED) is 0.610. The molecule has 0 aliphatic rings. The maximum absolute atomic E-state index is 12.6. The van der Waals surface area contributed by atoms with Crippen LogP contribution in [0.1, 0.15) is 10.4 Å². The molecule has 1 aromatic heterocycles. The number of carbonyl (C=O) groups is 1. The highest BCUT2D eigenvalue weighted by Gasteiger charge is 2.23. The molecule has 0 saturated heterocycles. The molecule has 0 saturated carbocycles. The van der Waals surface area contributed by atoms with Gasteiger partial charge in [0.15, 0.2) is 0 Å². The van der Waals surface area contributed by atoms with Gasteiger partial charge in [-0.25, -0.2) is 4.79 Å². The number of halogens is 3. The van der Waals surface area contributed by atoms with E-state index in [9.17, 15) is 13.2 Å². The molecule has 0 atom stereocenters. The molecule has 140 valence electrons. The Morgan fingerprint density at radius 1 is 1.00 bits per heavy atom. The minimum absolute atomic E-state index is 0.0368. The molecule has 0 spiro atoms. The Hall–Kier alpha value is -2.26. The van der Waals surface area contributed by atoms with Crippen molar-refractivity contribution in [2.24, 2.45) is 0 Å². The number of nitrogens with zero attached hydrogens (tertiary/aromatic N) is 2. The van der Waals surface area contributed by atoms with Crippen molar-refractivity contribution in [1.29, 1.82) is 0 Å². The molecule has 0 aliphatic heterocycles. The molecule has 2 aromatic carbocycles. The Balaban J connectivity index is 1.90. The van der Waals surface area contributed by atoms with Crippen molar-refractivity contribution in [3.8, 4) is 5.88 Å². The van der Waals surface area contributed by atoms with Crippen molar-refractivity contribution in [3.63, 3.8) is 0 Å². The first-order chi connectivity index (χ1) is 12.7. The molecule has 1 heterocycles. The third-order valence-electron chi connectivity index (χ3n) is 3.37. The monoisotopic (exact) mass is 445 g/mol. The van der Waals surface area contributed by atoms with Crippen molar-refractivity contribution in [3.05, 3.63) is 69.2 Å². The van der Waals surface area contributed by atoms with Gasteiger partial charge in [0.1, 0.15) is 5.82 Å². The molecular weight excluding hydrogens is 437 g/mol. The van der Waals surface area contributed by atoms with Gasteiger partial charge in [0, 0.05) is 16.1 Å². The Morgan fingerprint density at radius 3 is 2.26 bits per heavy atom. The number of hydrogen-bond donors (Lipinski definition) is 1. The summed E-state index contributed by atoms with van der Waals surface area (Å²) in [5, 5.41) is 4.55.